The van der Waals surface area contributed by atoms with Crippen molar-refractivity contribution in [1.29, 1.82) is 0 Å². The monoisotopic (exact) mass is 277 g/mol. The summed E-state index contributed by atoms with van der Waals surface area (Å²) in [6.45, 7) is 7.87. The number of nitrogens with one attached hydrogen (secondary N) is 1. The summed E-state index contributed by atoms with van der Waals surface area (Å²) in [5, 5.41) is 3.53. The van der Waals surface area contributed by atoms with Crippen LogP contribution < -0.4 is 5.32 Å². The SMILES string of the molecule is COCCNCC1(Cc2ccc(C)cc2)CCOC1C. The molecule has 0 bridgehead atoms. The second-order valence-electron chi connectivity index (χ2n) is 5.96. The average Bonchev–Trinajstić information content (AvgIpc) is 2.79. The summed E-state index contributed by atoms with van der Waals surface area (Å²) < 4.78 is 11.0. The summed E-state index contributed by atoms with van der Waals surface area (Å²) >= 11 is 0. The Hall–Kier alpha value is -0.900. The zero-order valence-corrected chi connectivity index (χ0v) is 12.9. The Kier molecular flexibility index (Phi) is 5.58. The van der Waals surface area contributed by atoms with Crippen LogP contribution in [0.25, 0.3) is 0 Å². The van der Waals surface area contributed by atoms with E-state index in [-0.39, 0.29) is 5.41 Å². The fraction of sp³-hybridized carbons (Fsp3) is 0.647. The summed E-state index contributed by atoms with van der Waals surface area (Å²) in [5.41, 5.74) is 2.93. The molecule has 3 nitrogen and oxygen atoms in total. The van der Waals surface area contributed by atoms with Gasteiger partial charge in [-0.2, -0.15) is 0 Å². The summed E-state index contributed by atoms with van der Waals surface area (Å²) in [5.74, 6) is 0. The first-order valence-electron chi connectivity index (χ1n) is 7.53. The molecule has 1 aromatic carbocycles. The van der Waals surface area contributed by atoms with Gasteiger partial charge in [0.05, 0.1) is 12.7 Å². The van der Waals surface area contributed by atoms with Gasteiger partial charge in [0, 0.05) is 32.2 Å². The van der Waals surface area contributed by atoms with Gasteiger partial charge >= 0.3 is 0 Å². The number of methoxy groups -OCH3 is 1. The van der Waals surface area contributed by atoms with Gasteiger partial charge in [-0.05, 0) is 32.3 Å². The van der Waals surface area contributed by atoms with Crippen molar-refractivity contribution in [1.82, 2.24) is 5.32 Å². The van der Waals surface area contributed by atoms with E-state index < -0.39 is 0 Å². The van der Waals surface area contributed by atoms with Gasteiger partial charge in [0.15, 0.2) is 0 Å². The van der Waals surface area contributed by atoms with Crippen molar-refractivity contribution in [2.45, 2.75) is 32.8 Å². The first-order valence-corrected chi connectivity index (χ1v) is 7.53. The van der Waals surface area contributed by atoms with E-state index in [9.17, 15) is 0 Å². The molecule has 1 saturated heterocycles. The van der Waals surface area contributed by atoms with Crippen molar-refractivity contribution < 1.29 is 9.47 Å². The maximum Gasteiger partial charge on any atom is 0.0619 e. The summed E-state index contributed by atoms with van der Waals surface area (Å²) in [6, 6.07) is 8.89. The van der Waals surface area contributed by atoms with Crippen molar-refractivity contribution in [2.75, 3.05) is 33.4 Å². The molecule has 1 N–H and O–H groups in total. The smallest absolute Gasteiger partial charge is 0.0619 e. The van der Waals surface area contributed by atoms with Gasteiger partial charge in [-0.15, -0.1) is 0 Å². The number of benzene rings is 1. The molecule has 0 radical (unpaired) electrons. The van der Waals surface area contributed by atoms with Crippen LogP contribution in [0.2, 0.25) is 0 Å². The van der Waals surface area contributed by atoms with Gasteiger partial charge in [-0.3, -0.25) is 0 Å². The highest BCUT2D eigenvalue weighted by Crippen LogP contribution is 2.37. The maximum atomic E-state index is 5.85. The second-order valence-corrected chi connectivity index (χ2v) is 5.96. The highest BCUT2D eigenvalue weighted by Gasteiger charge is 2.41. The third-order valence-corrected chi connectivity index (χ3v) is 4.47. The van der Waals surface area contributed by atoms with Gasteiger partial charge < -0.3 is 14.8 Å². The molecule has 20 heavy (non-hydrogen) atoms. The number of aryl methyl sites for hydroxylation is 1. The van der Waals surface area contributed by atoms with E-state index in [0.717, 1.165) is 39.1 Å². The second kappa shape index (κ2) is 7.21. The molecule has 1 aromatic rings. The molecule has 1 aliphatic heterocycles. The van der Waals surface area contributed by atoms with E-state index in [2.05, 4.69) is 43.4 Å². The van der Waals surface area contributed by atoms with E-state index in [1.165, 1.54) is 11.1 Å². The fourth-order valence-electron chi connectivity index (χ4n) is 2.97. The highest BCUT2D eigenvalue weighted by molar-refractivity contribution is 5.23. The van der Waals surface area contributed by atoms with Crippen LogP contribution >= 0.6 is 0 Å². The minimum atomic E-state index is 0.211. The molecule has 112 valence electrons. The van der Waals surface area contributed by atoms with Gasteiger partial charge in [-0.1, -0.05) is 29.8 Å². The first kappa shape index (κ1) is 15.5. The van der Waals surface area contributed by atoms with Crippen molar-refractivity contribution in [2.24, 2.45) is 5.41 Å². The molecule has 0 aliphatic carbocycles. The number of ether oxygens (including phenoxy) is 2. The molecule has 3 heteroatoms. The summed E-state index contributed by atoms with van der Waals surface area (Å²) in [4.78, 5) is 0. The minimum Gasteiger partial charge on any atom is -0.383 e. The molecule has 1 fully saturated rings. The van der Waals surface area contributed by atoms with Crippen molar-refractivity contribution in [3.63, 3.8) is 0 Å². The Labute approximate surface area is 122 Å². The van der Waals surface area contributed by atoms with Crippen LogP contribution in [0.4, 0.5) is 0 Å². The lowest BCUT2D eigenvalue weighted by atomic mass is 9.76. The van der Waals surface area contributed by atoms with Gasteiger partial charge in [0.25, 0.3) is 0 Å². The van der Waals surface area contributed by atoms with Crippen molar-refractivity contribution in [3.05, 3.63) is 35.4 Å². The minimum absolute atomic E-state index is 0.211. The predicted molar refractivity (Wildman–Crippen MR) is 82.1 cm³/mol. The van der Waals surface area contributed by atoms with Crippen LogP contribution in [-0.4, -0.2) is 39.5 Å². The highest BCUT2D eigenvalue weighted by atomic mass is 16.5. The molecular weight excluding hydrogens is 250 g/mol. The molecule has 1 aliphatic rings. The van der Waals surface area contributed by atoms with Gasteiger partial charge in [0.2, 0.25) is 0 Å². The summed E-state index contributed by atoms with van der Waals surface area (Å²) in [7, 11) is 1.74. The van der Waals surface area contributed by atoms with Crippen molar-refractivity contribution >= 4 is 0 Å². The van der Waals surface area contributed by atoms with E-state index in [1.54, 1.807) is 7.11 Å². The molecule has 0 amide bonds. The van der Waals surface area contributed by atoms with Gasteiger partial charge in [0.1, 0.15) is 0 Å². The molecule has 0 spiro atoms. The largest absolute Gasteiger partial charge is 0.383 e. The third-order valence-electron chi connectivity index (χ3n) is 4.47. The maximum absolute atomic E-state index is 5.85. The van der Waals surface area contributed by atoms with E-state index in [0.29, 0.717) is 6.10 Å². The van der Waals surface area contributed by atoms with Crippen LogP contribution in [0.3, 0.4) is 0 Å². The number of rotatable bonds is 7. The van der Waals surface area contributed by atoms with Crippen LogP contribution in [0.1, 0.15) is 24.5 Å². The summed E-state index contributed by atoms with van der Waals surface area (Å²) in [6.07, 6.45) is 2.51. The first-order chi connectivity index (χ1) is 9.66. The molecule has 0 aromatic heterocycles. The lowest BCUT2D eigenvalue weighted by molar-refractivity contribution is 0.0619. The predicted octanol–water partition coefficient (Wildman–Crippen LogP) is 2.57. The number of hydrogen-bond acceptors (Lipinski definition) is 3. The fourth-order valence-corrected chi connectivity index (χ4v) is 2.97. The van der Waals surface area contributed by atoms with E-state index in [1.807, 2.05) is 0 Å². The Balaban J connectivity index is 2.01. The van der Waals surface area contributed by atoms with Crippen LogP contribution in [-0.2, 0) is 15.9 Å². The molecular formula is C17H27NO2. The molecule has 1 heterocycles. The standard InChI is InChI=1S/C17H27NO2/c1-14-4-6-16(7-5-14)12-17(8-10-20-15(17)2)13-18-9-11-19-3/h4-7,15,18H,8-13H2,1-3H3. The van der Waals surface area contributed by atoms with Crippen LogP contribution in [0, 0.1) is 12.3 Å². The topological polar surface area (TPSA) is 30.5 Å². The van der Waals surface area contributed by atoms with E-state index in [4.69, 9.17) is 9.47 Å². The molecule has 2 atom stereocenters. The Morgan fingerprint density at radius 3 is 2.70 bits per heavy atom. The van der Waals surface area contributed by atoms with Crippen LogP contribution in [0.15, 0.2) is 24.3 Å². The zero-order chi connectivity index (χ0) is 14.4. The molecule has 0 saturated carbocycles. The normalized spacial score (nSPS) is 26.1. The van der Waals surface area contributed by atoms with E-state index >= 15 is 0 Å². The Bertz CT molecular complexity index is 404. The Morgan fingerprint density at radius 2 is 2.10 bits per heavy atom. The van der Waals surface area contributed by atoms with Crippen LogP contribution in [0.5, 0.6) is 0 Å². The lowest BCUT2D eigenvalue weighted by Crippen LogP contribution is -2.42. The quantitative estimate of drug-likeness (QED) is 0.777. The molecule has 2 rings (SSSR count). The average molecular weight is 277 g/mol. The Morgan fingerprint density at radius 1 is 1.35 bits per heavy atom. The lowest BCUT2D eigenvalue weighted by Gasteiger charge is -2.33. The van der Waals surface area contributed by atoms with Crippen molar-refractivity contribution in [3.8, 4) is 0 Å². The number of hydrogen-bond donors (Lipinski definition) is 1. The zero-order valence-electron chi connectivity index (χ0n) is 12.9. The molecule has 2 unspecified atom stereocenters. The van der Waals surface area contributed by atoms with Gasteiger partial charge in [-0.25, -0.2) is 0 Å². The third kappa shape index (κ3) is 3.81.